The van der Waals surface area contributed by atoms with E-state index in [4.69, 9.17) is 16.3 Å². The van der Waals surface area contributed by atoms with Crippen LogP contribution in [-0.2, 0) is 11.3 Å². The van der Waals surface area contributed by atoms with Gasteiger partial charge in [0.2, 0.25) is 5.91 Å². The second kappa shape index (κ2) is 7.50. The van der Waals surface area contributed by atoms with E-state index in [1.54, 1.807) is 25.3 Å². The van der Waals surface area contributed by atoms with Gasteiger partial charge in [-0.25, -0.2) is 0 Å². The molecule has 0 saturated carbocycles. The summed E-state index contributed by atoms with van der Waals surface area (Å²) in [5.41, 5.74) is 1.95. The van der Waals surface area contributed by atoms with E-state index >= 15 is 0 Å². The average Bonchev–Trinajstić information content (AvgIpc) is 2.53. The largest absolute Gasteiger partial charge is 0.497 e. The van der Waals surface area contributed by atoms with E-state index in [2.05, 4.69) is 5.32 Å². The van der Waals surface area contributed by atoms with Gasteiger partial charge in [0, 0.05) is 17.6 Å². The lowest BCUT2D eigenvalue weighted by Crippen LogP contribution is -2.20. The molecular weight excluding hydrogens is 286 g/mol. The second-order valence-corrected chi connectivity index (χ2v) is 4.89. The maximum atomic E-state index is 11.7. The molecule has 0 aliphatic rings. The van der Waals surface area contributed by atoms with Crippen molar-refractivity contribution < 1.29 is 9.53 Å². The van der Waals surface area contributed by atoms with Gasteiger partial charge in [-0.15, -0.1) is 0 Å². The number of hydrogen-bond acceptors (Lipinski definition) is 2. The van der Waals surface area contributed by atoms with Crippen molar-refractivity contribution in [3.63, 3.8) is 0 Å². The van der Waals surface area contributed by atoms with E-state index in [0.29, 0.717) is 11.6 Å². The zero-order chi connectivity index (χ0) is 15.1. The normalized spacial score (nSPS) is 10.6. The van der Waals surface area contributed by atoms with Gasteiger partial charge in [-0.05, 0) is 41.5 Å². The van der Waals surface area contributed by atoms with Gasteiger partial charge in [0.1, 0.15) is 5.75 Å². The van der Waals surface area contributed by atoms with Crippen LogP contribution in [-0.4, -0.2) is 13.0 Å². The zero-order valence-corrected chi connectivity index (χ0v) is 12.4. The van der Waals surface area contributed by atoms with Crippen LogP contribution in [0.3, 0.4) is 0 Å². The summed E-state index contributed by atoms with van der Waals surface area (Å²) >= 11 is 5.81. The topological polar surface area (TPSA) is 38.3 Å². The number of methoxy groups -OCH3 is 1. The van der Waals surface area contributed by atoms with Crippen LogP contribution in [0.15, 0.2) is 54.6 Å². The lowest BCUT2D eigenvalue weighted by Gasteiger charge is -2.03. The molecule has 0 radical (unpaired) electrons. The minimum atomic E-state index is -0.138. The number of nitrogens with one attached hydrogen (secondary N) is 1. The summed E-state index contributed by atoms with van der Waals surface area (Å²) in [6.45, 7) is 0.475. The molecule has 1 amide bonds. The van der Waals surface area contributed by atoms with Gasteiger partial charge in [-0.2, -0.15) is 0 Å². The molecule has 1 N–H and O–H groups in total. The number of ether oxygens (including phenoxy) is 1. The van der Waals surface area contributed by atoms with Crippen molar-refractivity contribution in [1.82, 2.24) is 5.32 Å². The molecule has 108 valence electrons. The predicted molar refractivity (Wildman–Crippen MR) is 85.3 cm³/mol. The summed E-state index contributed by atoms with van der Waals surface area (Å²) in [6.07, 6.45) is 3.27. The quantitative estimate of drug-likeness (QED) is 0.856. The zero-order valence-electron chi connectivity index (χ0n) is 11.7. The Morgan fingerprint density at radius 3 is 2.43 bits per heavy atom. The number of halogens is 1. The Bertz CT molecular complexity index is 618. The Morgan fingerprint density at radius 1 is 1.14 bits per heavy atom. The fourth-order valence-corrected chi connectivity index (χ4v) is 1.86. The first-order valence-corrected chi connectivity index (χ1v) is 6.89. The van der Waals surface area contributed by atoms with Gasteiger partial charge in [0.15, 0.2) is 0 Å². The third-order valence-corrected chi connectivity index (χ3v) is 3.17. The monoisotopic (exact) mass is 301 g/mol. The number of carbonyl (C=O) groups excluding carboxylic acids is 1. The lowest BCUT2D eigenvalue weighted by atomic mass is 10.2. The minimum absolute atomic E-state index is 0.138. The molecule has 2 aromatic carbocycles. The highest BCUT2D eigenvalue weighted by Gasteiger charge is 1.97. The molecule has 0 spiro atoms. The van der Waals surface area contributed by atoms with E-state index in [1.165, 1.54) is 6.08 Å². The predicted octanol–water partition coefficient (Wildman–Crippen LogP) is 3.68. The van der Waals surface area contributed by atoms with E-state index in [-0.39, 0.29) is 5.91 Å². The Labute approximate surface area is 129 Å². The van der Waals surface area contributed by atoms with Crippen molar-refractivity contribution in [3.8, 4) is 5.75 Å². The van der Waals surface area contributed by atoms with Crippen LogP contribution >= 0.6 is 11.6 Å². The Morgan fingerprint density at radius 2 is 1.81 bits per heavy atom. The van der Waals surface area contributed by atoms with E-state index in [9.17, 15) is 4.79 Å². The molecule has 21 heavy (non-hydrogen) atoms. The molecule has 0 aliphatic heterocycles. The lowest BCUT2D eigenvalue weighted by molar-refractivity contribution is -0.116. The van der Waals surface area contributed by atoms with Gasteiger partial charge in [0.25, 0.3) is 0 Å². The van der Waals surface area contributed by atoms with Gasteiger partial charge in [-0.1, -0.05) is 35.9 Å². The summed E-state index contributed by atoms with van der Waals surface area (Å²) < 4.78 is 5.08. The number of hydrogen-bond donors (Lipinski definition) is 1. The molecule has 3 nitrogen and oxygen atoms in total. The van der Waals surface area contributed by atoms with Crippen molar-refractivity contribution in [2.24, 2.45) is 0 Å². The Balaban J connectivity index is 1.85. The van der Waals surface area contributed by atoms with Crippen LogP contribution < -0.4 is 10.1 Å². The van der Waals surface area contributed by atoms with Gasteiger partial charge < -0.3 is 10.1 Å². The molecule has 0 atom stereocenters. The fourth-order valence-electron chi connectivity index (χ4n) is 1.74. The van der Waals surface area contributed by atoms with Gasteiger partial charge in [-0.3, -0.25) is 4.79 Å². The minimum Gasteiger partial charge on any atom is -0.497 e. The van der Waals surface area contributed by atoms with Gasteiger partial charge >= 0.3 is 0 Å². The highest BCUT2D eigenvalue weighted by atomic mass is 35.5. The van der Waals surface area contributed by atoms with Crippen molar-refractivity contribution in [2.75, 3.05) is 7.11 Å². The summed E-state index contributed by atoms with van der Waals surface area (Å²) in [4.78, 5) is 11.7. The summed E-state index contributed by atoms with van der Waals surface area (Å²) in [5.74, 6) is 0.653. The average molecular weight is 302 g/mol. The first-order valence-electron chi connectivity index (χ1n) is 6.52. The van der Waals surface area contributed by atoms with Gasteiger partial charge in [0.05, 0.1) is 7.11 Å². The fraction of sp³-hybridized carbons (Fsp3) is 0.118. The first kappa shape index (κ1) is 15.1. The molecule has 4 heteroatoms. The highest BCUT2D eigenvalue weighted by Crippen LogP contribution is 2.12. The molecule has 0 saturated heterocycles. The van der Waals surface area contributed by atoms with Crippen LogP contribution in [0.25, 0.3) is 6.08 Å². The molecule has 0 heterocycles. The third-order valence-electron chi connectivity index (χ3n) is 2.92. The Kier molecular flexibility index (Phi) is 5.41. The summed E-state index contributed by atoms with van der Waals surface area (Å²) in [7, 11) is 1.62. The third kappa shape index (κ3) is 4.97. The number of rotatable bonds is 5. The molecule has 0 aliphatic carbocycles. The SMILES string of the molecule is COc1ccc(/C=C/C(=O)NCc2ccc(Cl)cc2)cc1. The first-order chi connectivity index (χ1) is 10.2. The molecular formula is C17H16ClNO2. The van der Waals surface area contributed by atoms with Crippen LogP contribution in [0.2, 0.25) is 5.02 Å². The number of carbonyl (C=O) groups is 1. The van der Waals surface area contributed by atoms with Crippen molar-refractivity contribution >= 4 is 23.6 Å². The standard InChI is InChI=1S/C17H16ClNO2/c1-21-16-9-4-13(5-10-16)6-11-17(20)19-12-14-2-7-15(18)8-3-14/h2-11H,12H2,1H3,(H,19,20)/b11-6+. The molecule has 0 unspecified atom stereocenters. The van der Waals surface area contributed by atoms with Crippen LogP contribution in [0.5, 0.6) is 5.75 Å². The molecule has 0 bridgehead atoms. The highest BCUT2D eigenvalue weighted by molar-refractivity contribution is 6.30. The smallest absolute Gasteiger partial charge is 0.244 e. The molecule has 2 rings (SSSR count). The summed E-state index contributed by atoms with van der Waals surface area (Å²) in [6, 6.07) is 14.9. The summed E-state index contributed by atoms with van der Waals surface area (Å²) in [5, 5.41) is 3.50. The second-order valence-electron chi connectivity index (χ2n) is 4.45. The van der Waals surface area contributed by atoms with Crippen molar-refractivity contribution in [1.29, 1.82) is 0 Å². The molecule has 2 aromatic rings. The molecule has 0 aromatic heterocycles. The number of benzene rings is 2. The van der Waals surface area contributed by atoms with Crippen LogP contribution in [0, 0.1) is 0 Å². The van der Waals surface area contributed by atoms with Crippen molar-refractivity contribution in [2.45, 2.75) is 6.54 Å². The maximum Gasteiger partial charge on any atom is 0.244 e. The number of amides is 1. The van der Waals surface area contributed by atoms with E-state index < -0.39 is 0 Å². The molecule has 0 fully saturated rings. The van der Waals surface area contributed by atoms with Crippen molar-refractivity contribution in [3.05, 3.63) is 70.8 Å². The Hall–Kier alpha value is -2.26. The maximum absolute atomic E-state index is 11.7. The van der Waals surface area contributed by atoms with Crippen LogP contribution in [0.4, 0.5) is 0 Å². The van der Waals surface area contributed by atoms with E-state index in [0.717, 1.165) is 16.9 Å². The van der Waals surface area contributed by atoms with E-state index in [1.807, 2.05) is 36.4 Å². The van der Waals surface area contributed by atoms with Crippen LogP contribution in [0.1, 0.15) is 11.1 Å².